The molecule has 5 nitrogen and oxygen atoms in total. The lowest BCUT2D eigenvalue weighted by Gasteiger charge is -2.17. The highest BCUT2D eigenvalue weighted by molar-refractivity contribution is 8.14. The summed E-state index contributed by atoms with van der Waals surface area (Å²) < 4.78 is 0. The molecule has 0 spiro atoms. The van der Waals surface area contributed by atoms with E-state index in [1.807, 2.05) is 29.2 Å². The number of amidine groups is 1. The first-order valence-corrected chi connectivity index (χ1v) is 7.39. The van der Waals surface area contributed by atoms with Crippen LogP contribution in [0.4, 0.5) is 5.69 Å². The minimum Gasteiger partial charge on any atom is -0.340 e. The molecule has 3 rings (SSSR count). The van der Waals surface area contributed by atoms with Gasteiger partial charge in [-0.05, 0) is 24.3 Å². The van der Waals surface area contributed by atoms with Gasteiger partial charge in [0.15, 0.2) is 11.0 Å². The first-order valence-electron chi connectivity index (χ1n) is 6.02. The van der Waals surface area contributed by atoms with Gasteiger partial charge in [-0.3, -0.25) is 4.79 Å². The van der Waals surface area contributed by atoms with Crippen LogP contribution in [0.25, 0.3) is 0 Å². The molecule has 1 amide bonds. The molecule has 1 aliphatic rings. The summed E-state index contributed by atoms with van der Waals surface area (Å²) in [5.74, 6) is 0.784. The van der Waals surface area contributed by atoms with Gasteiger partial charge in [0.25, 0.3) is 0 Å². The number of rotatable bonds is 2. The van der Waals surface area contributed by atoms with E-state index in [9.17, 15) is 4.79 Å². The smallest absolute Gasteiger partial charge is 0.315 e. The minimum atomic E-state index is -0.363. The van der Waals surface area contributed by atoms with Gasteiger partial charge in [0, 0.05) is 35.4 Å². The zero-order valence-corrected chi connectivity index (χ0v) is 12.0. The first-order chi connectivity index (χ1) is 9.74. The van der Waals surface area contributed by atoms with Gasteiger partial charge in [-0.15, -0.1) is 0 Å². The molecule has 0 unspecified atom stereocenters. The molecule has 1 saturated heterocycles. The Morgan fingerprint density at radius 1 is 1.40 bits per heavy atom. The molecular formula is C13H11ClN4OS. The van der Waals surface area contributed by atoms with E-state index in [0.717, 1.165) is 18.0 Å². The molecule has 102 valence electrons. The summed E-state index contributed by atoms with van der Waals surface area (Å²) in [6, 6.07) is 7.49. The lowest BCUT2D eigenvalue weighted by Crippen LogP contribution is -2.24. The standard InChI is InChI=1S/C13H11ClN4OS/c14-9-1-3-10(4-2-9)18-7-8-20-13(18)17-12(19)11-15-5-6-16-11/h1-6H,7-8H2,(H,15,16). The molecule has 2 aromatic rings. The lowest BCUT2D eigenvalue weighted by molar-refractivity contribution is 0.0994. The Morgan fingerprint density at radius 2 is 2.20 bits per heavy atom. The van der Waals surface area contributed by atoms with Crippen molar-refractivity contribution in [2.45, 2.75) is 0 Å². The lowest BCUT2D eigenvalue weighted by atomic mass is 10.3. The number of amides is 1. The summed E-state index contributed by atoms with van der Waals surface area (Å²) in [5, 5.41) is 1.37. The summed E-state index contributed by atoms with van der Waals surface area (Å²) in [7, 11) is 0. The van der Waals surface area contributed by atoms with Crippen molar-refractivity contribution < 1.29 is 4.79 Å². The molecule has 0 saturated carbocycles. The number of aromatic nitrogens is 2. The molecule has 0 bridgehead atoms. The predicted molar refractivity (Wildman–Crippen MR) is 81.6 cm³/mol. The van der Waals surface area contributed by atoms with Crippen molar-refractivity contribution in [3.63, 3.8) is 0 Å². The van der Waals surface area contributed by atoms with Crippen molar-refractivity contribution >= 4 is 40.1 Å². The predicted octanol–water partition coefficient (Wildman–Crippen LogP) is 2.81. The molecule has 7 heteroatoms. The Labute approximate surface area is 125 Å². The fourth-order valence-electron chi connectivity index (χ4n) is 1.88. The maximum Gasteiger partial charge on any atom is 0.315 e. The highest BCUT2D eigenvalue weighted by Crippen LogP contribution is 2.26. The summed E-state index contributed by atoms with van der Waals surface area (Å²) in [4.78, 5) is 24.8. The summed E-state index contributed by atoms with van der Waals surface area (Å²) in [5.41, 5.74) is 0.977. The van der Waals surface area contributed by atoms with E-state index in [2.05, 4.69) is 15.0 Å². The van der Waals surface area contributed by atoms with Crippen LogP contribution < -0.4 is 4.90 Å². The highest BCUT2D eigenvalue weighted by atomic mass is 35.5. The zero-order valence-electron chi connectivity index (χ0n) is 10.4. The molecule has 1 aromatic carbocycles. The number of halogens is 1. The molecular weight excluding hydrogens is 296 g/mol. The molecule has 0 aliphatic carbocycles. The van der Waals surface area contributed by atoms with Gasteiger partial charge in [-0.1, -0.05) is 23.4 Å². The molecule has 2 heterocycles. The van der Waals surface area contributed by atoms with Crippen LogP contribution in [0.1, 0.15) is 10.6 Å². The number of H-pyrrole nitrogens is 1. The van der Waals surface area contributed by atoms with Gasteiger partial charge < -0.3 is 9.88 Å². The van der Waals surface area contributed by atoms with E-state index in [0.29, 0.717) is 10.2 Å². The SMILES string of the molecule is O=C(N=C1SCCN1c1ccc(Cl)cc1)c1ncc[nH]1. The van der Waals surface area contributed by atoms with Crippen LogP contribution in [-0.4, -0.2) is 33.3 Å². The second-order valence-corrected chi connectivity index (χ2v) is 5.61. The van der Waals surface area contributed by atoms with Crippen molar-refractivity contribution in [1.29, 1.82) is 0 Å². The largest absolute Gasteiger partial charge is 0.340 e. The number of nitrogens with one attached hydrogen (secondary N) is 1. The Balaban J connectivity index is 1.85. The third kappa shape index (κ3) is 2.71. The molecule has 0 radical (unpaired) electrons. The Bertz CT molecular complexity index is 639. The quantitative estimate of drug-likeness (QED) is 0.927. The summed E-state index contributed by atoms with van der Waals surface area (Å²) in [6.07, 6.45) is 3.14. The number of hydrogen-bond acceptors (Lipinski definition) is 3. The van der Waals surface area contributed by atoms with E-state index < -0.39 is 0 Å². The average Bonchev–Trinajstić information content (AvgIpc) is 3.10. The number of benzene rings is 1. The third-order valence-corrected chi connectivity index (χ3v) is 4.02. The van der Waals surface area contributed by atoms with Crippen molar-refractivity contribution in [3.8, 4) is 0 Å². The van der Waals surface area contributed by atoms with Crippen LogP contribution in [0.15, 0.2) is 41.7 Å². The van der Waals surface area contributed by atoms with Gasteiger partial charge in [-0.25, -0.2) is 4.98 Å². The van der Waals surface area contributed by atoms with E-state index in [-0.39, 0.29) is 11.7 Å². The van der Waals surface area contributed by atoms with E-state index >= 15 is 0 Å². The van der Waals surface area contributed by atoms with Crippen LogP contribution in [-0.2, 0) is 0 Å². The van der Waals surface area contributed by atoms with Crippen LogP contribution in [0.3, 0.4) is 0 Å². The third-order valence-electron chi connectivity index (χ3n) is 2.81. The second-order valence-electron chi connectivity index (χ2n) is 4.11. The Hall–Kier alpha value is -1.79. The summed E-state index contributed by atoms with van der Waals surface area (Å²) in [6.45, 7) is 0.816. The average molecular weight is 307 g/mol. The number of anilines is 1. The summed E-state index contributed by atoms with van der Waals surface area (Å²) >= 11 is 7.44. The fourth-order valence-corrected chi connectivity index (χ4v) is 2.96. The Kier molecular flexibility index (Phi) is 3.75. The van der Waals surface area contributed by atoms with Crippen molar-refractivity contribution in [3.05, 3.63) is 47.5 Å². The number of nitrogens with zero attached hydrogens (tertiary/aromatic N) is 3. The number of imidazole rings is 1. The number of hydrogen-bond donors (Lipinski definition) is 1. The van der Waals surface area contributed by atoms with Gasteiger partial charge in [0.05, 0.1) is 0 Å². The maximum absolute atomic E-state index is 12.0. The Morgan fingerprint density at radius 3 is 2.90 bits per heavy atom. The van der Waals surface area contributed by atoms with Crippen molar-refractivity contribution in [2.75, 3.05) is 17.2 Å². The highest BCUT2D eigenvalue weighted by Gasteiger charge is 2.22. The van der Waals surface area contributed by atoms with E-state index in [1.165, 1.54) is 6.20 Å². The number of thioether (sulfide) groups is 1. The minimum absolute atomic E-state index is 0.251. The molecule has 1 fully saturated rings. The van der Waals surface area contributed by atoms with Gasteiger partial charge in [0.1, 0.15) is 0 Å². The van der Waals surface area contributed by atoms with Crippen molar-refractivity contribution in [1.82, 2.24) is 9.97 Å². The van der Waals surface area contributed by atoms with Crippen LogP contribution in [0, 0.1) is 0 Å². The fraction of sp³-hybridized carbons (Fsp3) is 0.154. The number of carbonyl (C=O) groups is 1. The number of carbonyl (C=O) groups excluding carboxylic acids is 1. The van der Waals surface area contributed by atoms with Crippen LogP contribution in [0.2, 0.25) is 5.02 Å². The molecule has 1 N–H and O–H groups in total. The van der Waals surface area contributed by atoms with Gasteiger partial charge in [0.2, 0.25) is 0 Å². The molecule has 1 aromatic heterocycles. The first kappa shape index (κ1) is 13.2. The van der Waals surface area contributed by atoms with Crippen LogP contribution >= 0.6 is 23.4 Å². The second kappa shape index (κ2) is 5.68. The molecule has 0 atom stereocenters. The van der Waals surface area contributed by atoms with E-state index in [4.69, 9.17) is 11.6 Å². The van der Waals surface area contributed by atoms with Gasteiger partial charge in [-0.2, -0.15) is 4.99 Å². The van der Waals surface area contributed by atoms with Crippen molar-refractivity contribution in [2.24, 2.45) is 4.99 Å². The molecule has 20 heavy (non-hydrogen) atoms. The van der Waals surface area contributed by atoms with E-state index in [1.54, 1.807) is 18.0 Å². The van der Waals surface area contributed by atoms with Gasteiger partial charge >= 0.3 is 5.91 Å². The maximum atomic E-state index is 12.0. The zero-order chi connectivity index (χ0) is 13.9. The molecule has 1 aliphatic heterocycles. The monoisotopic (exact) mass is 306 g/mol. The van der Waals surface area contributed by atoms with Crippen LogP contribution in [0.5, 0.6) is 0 Å². The number of aromatic amines is 1. The normalized spacial score (nSPS) is 16.9. The topological polar surface area (TPSA) is 61.4 Å². The number of aliphatic imine (C=N–C) groups is 1.